The van der Waals surface area contributed by atoms with Crippen LogP contribution in [0.15, 0.2) is 12.2 Å². The van der Waals surface area contributed by atoms with Gasteiger partial charge in [-0.2, -0.15) is 0 Å². The van der Waals surface area contributed by atoms with E-state index in [1.165, 1.54) is 0 Å². The third kappa shape index (κ3) is 1.33. The van der Waals surface area contributed by atoms with Gasteiger partial charge in [0.15, 0.2) is 9.84 Å². The van der Waals surface area contributed by atoms with Crippen molar-refractivity contribution in [3.8, 4) is 0 Å². The predicted octanol–water partition coefficient (Wildman–Crippen LogP) is 1.63. The van der Waals surface area contributed by atoms with Crippen molar-refractivity contribution < 1.29 is 8.42 Å². The zero-order valence-electron chi connectivity index (χ0n) is 8.16. The molecule has 0 bridgehead atoms. The van der Waals surface area contributed by atoms with Crippen LogP contribution in [0.2, 0.25) is 0 Å². The molecule has 1 aliphatic heterocycles. The summed E-state index contributed by atoms with van der Waals surface area (Å²) in [5.41, 5.74) is 0.00752. The van der Waals surface area contributed by atoms with Gasteiger partial charge in [-0.3, -0.25) is 0 Å². The van der Waals surface area contributed by atoms with Crippen LogP contribution in [0.25, 0.3) is 0 Å². The Morgan fingerprint density at radius 2 is 2.15 bits per heavy atom. The van der Waals surface area contributed by atoms with E-state index in [1.54, 1.807) is 0 Å². The number of rotatable bonds is 0. The normalized spacial score (nSPS) is 47.5. The fourth-order valence-electron chi connectivity index (χ4n) is 2.65. The summed E-state index contributed by atoms with van der Waals surface area (Å²) in [4.78, 5) is 0. The topological polar surface area (TPSA) is 34.1 Å². The third-order valence-electron chi connectivity index (χ3n) is 3.80. The second kappa shape index (κ2) is 2.59. The van der Waals surface area contributed by atoms with Crippen molar-refractivity contribution in [2.24, 2.45) is 17.3 Å². The van der Waals surface area contributed by atoms with Gasteiger partial charge in [0.25, 0.3) is 0 Å². The molecule has 0 amide bonds. The van der Waals surface area contributed by atoms with Gasteiger partial charge in [-0.15, -0.1) is 0 Å². The largest absolute Gasteiger partial charge is 0.229 e. The van der Waals surface area contributed by atoms with E-state index in [4.69, 9.17) is 0 Å². The SMILES string of the molecule is CC1C=CCC2CS(=O)(=O)CC12C. The van der Waals surface area contributed by atoms with E-state index in [0.29, 0.717) is 23.3 Å². The Balaban J connectivity index is 2.39. The zero-order chi connectivity index (χ0) is 9.69. The quantitative estimate of drug-likeness (QED) is 0.557. The minimum atomic E-state index is -2.76. The molecule has 1 saturated heterocycles. The maximum Gasteiger partial charge on any atom is 0.151 e. The average molecular weight is 200 g/mol. The molecule has 2 nitrogen and oxygen atoms in total. The maximum atomic E-state index is 11.5. The average Bonchev–Trinajstić information content (AvgIpc) is 2.22. The molecule has 2 rings (SSSR count). The van der Waals surface area contributed by atoms with Crippen molar-refractivity contribution in [2.75, 3.05) is 11.5 Å². The summed E-state index contributed by atoms with van der Waals surface area (Å²) < 4.78 is 23.0. The molecular formula is C10H16O2S. The first kappa shape index (κ1) is 9.25. The van der Waals surface area contributed by atoms with Crippen LogP contribution in [0.5, 0.6) is 0 Å². The number of hydrogen-bond acceptors (Lipinski definition) is 2. The molecule has 0 saturated carbocycles. The smallest absolute Gasteiger partial charge is 0.151 e. The molecule has 0 N–H and O–H groups in total. The molecule has 13 heavy (non-hydrogen) atoms. The van der Waals surface area contributed by atoms with Crippen molar-refractivity contribution in [3.05, 3.63) is 12.2 Å². The Hall–Kier alpha value is -0.310. The van der Waals surface area contributed by atoms with Gasteiger partial charge < -0.3 is 0 Å². The van der Waals surface area contributed by atoms with Gasteiger partial charge in [0.2, 0.25) is 0 Å². The molecule has 2 aliphatic rings. The van der Waals surface area contributed by atoms with E-state index in [2.05, 4.69) is 26.0 Å². The van der Waals surface area contributed by atoms with Crippen LogP contribution < -0.4 is 0 Å². The molecular weight excluding hydrogens is 184 g/mol. The Kier molecular flexibility index (Phi) is 1.85. The maximum absolute atomic E-state index is 11.5. The summed E-state index contributed by atoms with van der Waals surface area (Å²) >= 11 is 0. The van der Waals surface area contributed by atoms with Crippen molar-refractivity contribution in [2.45, 2.75) is 20.3 Å². The van der Waals surface area contributed by atoms with Crippen molar-refractivity contribution in [3.63, 3.8) is 0 Å². The molecule has 3 atom stereocenters. The minimum Gasteiger partial charge on any atom is -0.229 e. The summed E-state index contributed by atoms with van der Waals surface area (Å²) in [6.45, 7) is 4.25. The van der Waals surface area contributed by atoms with Crippen molar-refractivity contribution in [1.82, 2.24) is 0 Å². The highest BCUT2D eigenvalue weighted by Crippen LogP contribution is 2.48. The molecule has 1 fully saturated rings. The summed E-state index contributed by atoms with van der Waals surface area (Å²) in [5.74, 6) is 1.55. The van der Waals surface area contributed by atoms with Gasteiger partial charge in [0.1, 0.15) is 0 Å². The van der Waals surface area contributed by atoms with Crippen LogP contribution in [0, 0.1) is 17.3 Å². The Labute approximate surface area is 79.9 Å². The van der Waals surface area contributed by atoms with E-state index in [9.17, 15) is 8.42 Å². The molecule has 0 aromatic heterocycles. The second-order valence-electron chi connectivity index (χ2n) is 4.71. The molecule has 0 aromatic rings. The standard InChI is InChI=1S/C10H16O2S/c1-8-4-3-5-9-6-13(11,12)7-10(8,9)2/h3-4,8-9H,5-7H2,1-2H3. The third-order valence-corrected chi connectivity index (χ3v) is 5.78. The van der Waals surface area contributed by atoms with Crippen LogP contribution in [0.4, 0.5) is 0 Å². The van der Waals surface area contributed by atoms with Crippen molar-refractivity contribution in [1.29, 1.82) is 0 Å². The highest BCUT2D eigenvalue weighted by Gasteiger charge is 2.49. The number of sulfone groups is 1. The van der Waals surface area contributed by atoms with Gasteiger partial charge in [0, 0.05) is 0 Å². The molecule has 1 heterocycles. The molecule has 0 spiro atoms. The predicted molar refractivity (Wildman–Crippen MR) is 53.2 cm³/mol. The first-order valence-corrected chi connectivity index (χ1v) is 6.63. The lowest BCUT2D eigenvalue weighted by Crippen LogP contribution is -2.34. The zero-order valence-corrected chi connectivity index (χ0v) is 8.97. The number of hydrogen-bond donors (Lipinski definition) is 0. The van der Waals surface area contributed by atoms with E-state index in [-0.39, 0.29) is 5.41 Å². The fraction of sp³-hybridized carbons (Fsp3) is 0.800. The fourth-order valence-corrected chi connectivity index (χ4v) is 5.35. The minimum absolute atomic E-state index is 0.00752. The van der Waals surface area contributed by atoms with Gasteiger partial charge in [-0.05, 0) is 23.7 Å². The van der Waals surface area contributed by atoms with Crippen LogP contribution >= 0.6 is 0 Å². The van der Waals surface area contributed by atoms with E-state index >= 15 is 0 Å². The molecule has 1 aliphatic carbocycles. The van der Waals surface area contributed by atoms with Crippen LogP contribution in [0.1, 0.15) is 20.3 Å². The summed E-state index contributed by atoms with van der Waals surface area (Å²) in [7, 11) is -2.76. The number of fused-ring (bicyclic) bond motifs is 1. The molecule has 0 radical (unpaired) electrons. The summed E-state index contributed by atoms with van der Waals surface area (Å²) in [5, 5.41) is 0. The summed E-state index contributed by atoms with van der Waals surface area (Å²) in [6, 6.07) is 0. The van der Waals surface area contributed by atoms with Gasteiger partial charge in [-0.1, -0.05) is 26.0 Å². The van der Waals surface area contributed by atoms with E-state index in [0.717, 1.165) is 6.42 Å². The second-order valence-corrected chi connectivity index (χ2v) is 6.82. The summed E-state index contributed by atoms with van der Waals surface area (Å²) in [6.07, 6.45) is 5.25. The van der Waals surface area contributed by atoms with Crippen LogP contribution in [-0.2, 0) is 9.84 Å². The monoisotopic (exact) mass is 200 g/mol. The van der Waals surface area contributed by atoms with Gasteiger partial charge in [-0.25, -0.2) is 8.42 Å². The van der Waals surface area contributed by atoms with Crippen LogP contribution in [0.3, 0.4) is 0 Å². The first-order valence-electron chi connectivity index (χ1n) is 4.81. The lowest BCUT2D eigenvalue weighted by atomic mass is 9.67. The van der Waals surface area contributed by atoms with Gasteiger partial charge in [0.05, 0.1) is 11.5 Å². The Bertz CT molecular complexity index is 342. The Morgan fingerprint density at radius 3 is 2.77 bits per heavy atom. The lowest BCUT2D eigenvalue weighted by molar-refractivity contribution is 0.182. The molecule has 74 valence electrons. The van der Waals surface area contributed by atoms with Gasteiger partial charge >= 0.3 is 0 Å². The first-order chi connectivity index (χ1) is 5.94. The Morgan fingerprint density at radius 1 is 1.46 bits per heavy atom. The highest BCUT2D eigenvalue weighted by atomic mass is 32.2. The molecule has 3 unspecified atom stereocenters. The van der Waals surface area contributed by atoms with Crippen molar-refractivity contribution >= 4 is 9.84 Å². The lowest BCUT2D eigenvalue weighted by Gasteiger charge is -2.37. The van der Waals surface area contributed by atoms with E-state index < -0.39 is 9.84 Å². The van der Waals surface area contributed by atoms with E-state index in [1.807, 2.05) is 0 Å². The molecule has 3 heteroatoms. The van der Waals surface area contributed by atoms with Crippen LogP contribution in [-0.4, -0.2) is 19.9 Å². The molecule has 0 aromatic carbocycles. The highest BCUT2D eigenvalue weighted by molar-refractivity contribution is 7.91. The number of allylic oxidation sites excluding steroid dienone is 2.